The molecule has 82 valence electrons. The van der Waals surface area contributed by atoms with E-state index in [0.29, 0.717) is 0 Å². The first-order valence-corrected chi connectivity index (χ1v) is 5.96. The maximum Gasteiger partial charge on any atom is 0.0423 e. The van der Waals surface area contributed by atoms with Crippen LogP contribution in [0.15, 0.2) is 47.7 Å². The predicted molar refractivity (Wildman–Crippen MR) is 68.5 cm³/mol. The molecule has 0 unspecified atom stereocenters. The lowest BCUT2D eigenvalue weighted by Crippen LogP contribution is -2.29. The summed E-state index contributed by atoms with van der Waals surface area (Å²) in [6.07, 6.45) is 6.88. The summed E-state index contributed by atoms with van der Waals surface area (Å²) in [6, 6.07) is 8.64. The average molecular weight is 211 g/mol. The molecule has 1 N–H and O–H groups in total. The fourth-order valence-corrected chi connectivity index (χ4v) is 2.82. The van der Waals surface area contributed by atoms with Crippen LogP contribution in [-0.2, 0) is 5.41 Å². The molecule has 0 saturated carbocycles. The third-order valence-corrected chi connectivity index (χ3v) is 3.73. The molecule has 1 heterocycles. The van der Waals surface area contributed by atoms with E-state index in [2.05, 4.69) is 55.6 Å². The van der Waals surface area contributed by atoms with E-state index in [1.807, 2.05) is 0 Å². The van der Waals surface area contributed by atoms with E-state index in [4.69, 9.17) is 0 Å². The molecule has 1 aliphatic heterocycles. The minimum Gasteiger partial charge on any atom is -0.358 e. The Morgan fingerprint density at radius 2 is 2.00 bits per heavy atom. The third kappa shape index (κ3) is 1.24. The molecule has 0 radical (unpaired) electrons. The summed E-state index contributed by atoms with van der Waals surface area (Å²) in [5, 5.41) is 3.58. The normalized spacial score (nSPS) is 21.1. The SMILES string of the molecule is CC1(C)C2=C(CCC=C2)Nc2ccccc21. The summed E-state index contributed by atoms with van der Waals surface area (Å²) in [6.45, 7) is 4.63. The molecule has 2 aliphatic rings. The van der Waals surface area contributed by atoms with Gasteiger partial charge < -0.3 is 5.32 Å². The lowest BCUT2D eigenvalue weighted by Gasteiger charge is -2.38. The molecule has 1 aromatic rings. The summed E-state index contributed by atoms with van der Waals surface area (Å²) in [7, 11) is 0. The molecule has 1 aromatic carbocycles. The van der Waals surface area contributed by atoms with Crippen LogP contribution in [0.25, 0.3) is 0 Å². The standard InChI is InChI=1S/C15H17N/c1-15(2)11-7-3-5-9-13(11)16-14-10-6-4-8-12(14)15/h3-5,7-9,16H,6,10H2,1-2H3. The van der Waals surface area contributed by atoms with Crippen molar-refractivity contribution in [2.75, 3.05) is 5.32 Å². The van der Waals surface area contributed by atoms with Crippen molar-refractivity contribution in [3.63, 3.8) is 0 Å². The Kier molecular flexibility index (Phi) is 1.97. The van der Waals surface area contributed by atoms with Crippen molar-refractivity contribution in [2.45, 2.75) is 32.1 Å². The van der Waals surface area contributed by atoms with Gasteiger partial charge in [0.05, 0.1) is 0 Å². The molecular formula is C15H17N. The van der Waals surface area contributed by atoms with Crippen molar-refractivity contribution in [1.29, 1.82) is 0 Å². The number of hydrogen-bond donors (Lipinski definition) is 1. The molecule has 0 amide bonds. The van der Waals surface area contributed by atoms with Crippen LogP contribution in [0.4, 0.5) is 5.69 Å². The average Bonchev–Trinajstić information content (AvgIpc) is 2.29. The number of hydrogen-bond acceptors (Lipinski definition) is 1. The van der Waals surface area contributed by atoms with E-state index in [0.717, 1.165) is 12.8 Å². The van der Waals surface area contributed by atoms with Gasteiger partial charge in [-0.05, 0) is 30.0 Å². The van der Waals surface area contributed by atoms with Crippen LogP contribution < -0.4 is 5.32 Å². The molecule has 0 saturated heterocycles. The van der Waals surface area contributed by atoms with Crippen LogP contribution in [0.3, 0.4) is 0 Å². The maximum absolute atomic E-state index is 3.58. The molecule has 1 nitrogen and oxygen atoms in total. The molecule has 1 aliphatic carbocycles. The van der Waals surface area contributed by atoms with E-state index in [9.17, 15) is 0 Å². The molecule has 0 aromatic heterocycles. The number of benzene rings is 1. The van der Waals surface area contributed by atoms with Crippen LogP contribution in [0, 0.1) is 0 Å². The van der Waals surface area contributed by atoms with Gasteiger partial charge in [0.15, 0.2) is 0 Å². The van der Waals surface area contributed by atoms with Gasteiger partial charge in [0.2, 0.25) is 0 Å². The smallest absolute Gasteiger partial charge is 0.0423 e. The summed E-state index contributed by atoms with van der Waals surface area (Å²) in [4.78, 5) is 0. The van der Waals surface area contributed by atoms with Crippen LogP contribution in [0.5, 0.6) is 0 Å². The Morgan fingerprint density at radius 3 is 2.88 bits per heavy atom. The molecule has 0 spiro atoms. The number of anilines is 1. The summed E-state index contributed by atoms with van der Waals surface area (Å²) < 4.78 is 0. The number of fused-ring (bicyclic) bond motifs is 1. The van der Waals surface area contributed by atoms with E-state index in [1.54, 1.807) is 0 Å². The number of rotatable bonds is 0. The first kappa shape index (κ1) is 9.71. The zero-order valence-corrected chi connectivity index (χ0v) is 9.88. The van der Waals surface area contributed by atoms with Gasteiger partial charge in [0.25, 0.3) is 0 Å². The zero-order chi connectivity index (χ0) is 11.2. The second kappa shape index (κ2) is 3.24. The fourth-order valence-electron chi connectivity index (χ4n) is 2.82. The van der Waals surface area contributed by atoms with Gasteiger partial charge in [0.1, 0.15) is 0 Å². The van der Waals surface area contributed by atoms with Gasteiger partial charge in [-0.1, -0.05) is 44.2 Å². The van der Waals surface area contributed by atoms with Crippen LogP contribution in [-0.4, -0.2) is 0 Å². The third-order valence-electron chi connectivity index (χ3n) is 3.73. The van der Waals surface area contributed by atoms with E-state index in [1.165, 1.54) is 22.5 Å². The Balaban J connectivity index is 2.20. The molecule has 1 heteroatoms. The highest BCUT2D eigenvalue weighted by Gasteiger charge is 2.33. The highest BCUT2D eigenvalue weighted by atomic mass is 14.9. The first-order chi connectivity index (χ1) is 7.69. The summed E-state index contributed by atoms with van der Waals surface area (Å²) in [5.41, 5.74) is 5.68. The highest BCUT2D eigenvalue weighted by molar-refractivity contribution is 5.67. The fraction of sp³-hybridized carbons (Fsp3) is 0.333. The number of allylic oxidation sites excluding steroid dienone is 4. The highest BCUT2D eigenvalue weighted by Crippen LogP contribution is 2.44. The molecule has 0 atom stereocenters. The molecule has 0 fully saturated rings. The Bertz CT molecular complexity index is 492. The first-order valence-electron chi connectivity index (χ1n) is 5.96. The minimum atomic E-state index is 0.133. The summed E-state index contributed by atoms with van der Waals surface area (Å²) >= 11 is 0. The van der Waals surface area contributed by atoms with E-state index in [-0.39, 0.29) is 5.41 Å². The van der Waals surface area contributed by atoms with Gasteiger partial charge in [-0.15, -0.1) is 0 Å². The minimum absolute atomic E-state index is 0.133. The lowest BCUT2D eigenvalue weighted by atomic mass is 9.72. The van der Waals surface area contributed by atoms with Gasteiger partial charge in [0, 0.05) is 16.8 Å². The van der Waals surface area contributed by atoms with Crippen LogP contribution >= 0.6 is 0 Å². The number of para-hydroxylation sites is 1. The lowest BCUT2D eigenvalue weighted by molar-refractivity contribution is 0.614. The molecule has 16 heavy (non-hydrogen) atoms. The predicted octanol–water partition coefficient (Wildman–Crippen LogP) is 3.99. The maximum atomic E-state index is 3.58. The van der Waals surface area contributed by atoms with Crippen molar-refractivity contribution in [2.24, 2.45) is 0 Å². The van der Waals surface area contributed by atoms with Crippen molar-refractivity contribution in [3.05, 3.63) is 53.3 Å². The van der Waals surface area contributed by atoms with Crippen molar-refractivity contribution >= 4 is 5.69 Å². The Morgan fingerprint density at radius 1 is 1.19 bits per heavy atom. The van der Waals surface area contributed by atoms with Crippen LogP contribution in [0.1, 0.15) is 32.3 Å². The van der Waals surface area contributed by atoms with Crippen molar-refractivity contribution < 1.29 is 0 Å². The van der Waals surface area contributed by atoms with Crippen molar-refractivity contribution in [1.82, 2.24) is 0 Å². The quantitative estimate of drug-likeness (QED) is 0.684. The van der Waals surface area contributed by atoms with Gasteiger partial charge in [-0.2, -0.15) is 0 Å². The van der Waals surface area contributed by atoms with Crippen LogP contribution in [0.2, 0.25) is 0 Å². The number of nitrogens with one attached hydrogen (secondary N) is 1. The second-order valence-corrected chi connectivity index (χ2v) is 5.13. The van der Waals surface area contributed by atoms with Gasteiger partial charge in [-0.3, -0.25) is 0 Å². The van der Waals surface area contributed by atoms with Gasteiger partial charge in [-0.25, -0.2) is 0 Å². The Labute approximate surface area is 96.9 Å². The zero-order valence-electron chi connectivity index (χ0n) is 9.88. The molecular weight excluding hydrogens is 194 g/mol. The molecule has 0 bridgehead atoms. The monoisotopic (exact) mass is 211 g/mol. The Hall–Kier alpha value is -1.50. The van der Waals surface area contributed by atoms with Gasteiger partial charge >= 0.3 is 0 Å². The largest absolute Gasteiger partial charge is 0.358 e. The second-order valence-electron chi connectivity index (χ2n) is 5.13. The molecule has 3 rings (SSSR count). The summed E-state index contributed by atoms with van der Waals surface area (Å²) in [5.74, 6) is 0. The topological polar surface area (TPSA) is 12.0 Å². The van der Waals surface area contributed by atoms with Crippen molar-refractivity contribution in [3.8, 4) is 0 Å². The van der Waals surface area contributed by atoms with E-state index < -0.39 is 0 Å². The van der Waals surface area contributed by atoms with E-state index >= 15 is 0 Å².